The maximum Gasteiger partial charge on any atom is 0.142 e. The van der Waals surface area contributed by atoms with Crippen LogP contribution in [0.5, 0.6) is 5.75 Å². The van der Waals surface area contributed by atoms with Crippen molar-refractivity contribution in [1.29, 1.82) is 0 Å². The first-order valence-corrected chi connectivity index (χ1v) is 7.75. The van der Waals surface area contributed by atoms with E-state index in [9.17, 15) is 4.39 Å². The zero-order valence-electron chi connectivity index (χ0n) is 12.4. The molecule has 1 unspecified atom stereocenters. The first kappa shape index (κ1) is 15.8. The maximum absolute atomic E-state index is 14.0. The Morgan fingerprint density at radius 2 is 2.00 bits per heavy atom. The molecule has 2 nitrogen and oxygen atoms in total. The Bertz CT molecular complexity index is 630. The molecule has 0 radical (unpaired) electrons. The lowest BCUT2D eigenvalue weighted by molar-refractivity contribution is 0.341. The second kappa shape index (κ2) is 6.94. The molecule has 4 heteroatoms. The van der Waals surface area contributed by atoms with Crippen molar-refractivity contribution in [3.8, 4) is 5.75 Å². The topological polar surface area (TPSA) is 21.3 Å². The van der Waals surface area contributed by atoms with Crippen LogP contribution in [0.4, 0.5) is 10.1 Å². The molecule has 0 saturated heterocycles. The lowest BCUT2D eigenvalue weighted by Crippen LogP contribution is -2.10. The van der Waals surface area contributed by atoms with Crippen molar-refractivity contribution in [2.24, 2.45) is 0 Å². The van der Waals surface area contributed by atoms with Gasteiger partial charge in [0.25, 0.3) is 0 Å². The Morgan fingerprint density at radius 3 is 2.67 bits per heavy atom. The molecule has 0 bridgehead atoms. The van der Waals surface area contributed by atoms with E-state index in [0.717, 1.165) is 21.5 Å². The Labute approximate surface area is 133 Å². The summed E-state index contributed by atoms with van der Waals surface area (Å²) < 4.78 is 20.4. The van der Waals surface area contributed by atoms with Crippen molar-refractivity contribution in [3.05, 3.63) is 57.8 Å². The van der Waals surface area contributed by atoms with Gasteiger partial charge in [-0.15, -0.1) is 0 Å². The lowest BCUT2D eigenvalue weighted by Gasteiger charge is -2.19. The van der Waals surface area contributed by atoms with Crippen LogP contribution < -0.4 is 10.1 Å². The summed E-state index contributed by atoms with van der Waals surface area (Å²) in [5.41, 5.74) is 2.63. The van der Waals surface area contributed by atoms with E-state index >= 15 is 0 Å². The van der Waals surface area contributed by atoms with Gasteiger partial charge in [0.05, 0.1) is 18.3 Å². The largest absolute Gasteiger partial charge is 0.492 e. The molecule has 0 saturated carbocycles. The molecule has 0 fully saturated rings. The molecular formula is C17H19BrFNO. The summed E-state index contributed by atoms with van der Waals surface area (Å²) in [6, 6.07) is 10.9. The first-order chi connectivity index (χ1) is 10.0. The molecule has 0 aliphatic heterocycles. The average Bonchev–Trinajstić information content (AvgIpc) is 2.42. The van der Waals surface area contributed by atoms with Crippen LogP contribution in [-0.4, -0.2) is 6.61 Å². The van der Waals surface area contributed by atoms with Crippen LogP contribution >= 0.6 is 15.9 Å². The van der Waals surface area contributed by atoms with Gasteiger partial charge in [0.15, 0.2) is 0 Å². The third-order valence-electron chi connectivity index (χ3n) is 3.24. The predicted molar refractivity (Wildman–Crippen MR) is 88.5 cm³/mol. The summed E-state index contributed by atoms with van der Waals surface area (Å²) >= 11 is 3.27. The van der Waals surface area contributed by atoms with Crippen LogP contribution in [0, 0.1) is 12.7 Å². The standard InChI is InChI=1S/C17H19BrFNO/c1-4-21-17-9-11(2)5-8-16(17)20-12(3)14-7-6-13(18)10-15(14)19/h5-10,12,20H,4H2,1-3H3. The summed E-state index contributed by atoms with van der Waals surface area (Å²) in [4.78, 5) is 0. The molecule has 1 N–H and O–H groups in total. The minimum absolute atomic E-state index is 0.153. The van der Waals surface area contributed by atoms with Crippen LogP contribution in [0.25, 0.3) is 0 Å². The van der Waals surface area contributed by atoms with Gasteiger partial charge in [0.2, 0.25) is 0 Å². The predicted octanol–water partition coefficient (Wildman–Crippen LogP) is 5.47. The Balaban J connectivity index is 2.24. The van der Waals surface area contributed by atoms with Crippen molar-refractivity contribution < 1.29 is 9.13 Å². The highest BCUT2D eigenvalue weighted by Crippen LogP contribution is 2.30. The van der Waals surface area contributed by atoms with Crippen molar-refractivity contribution in [2.45, 2.75) is 26.8 Å². The number of nitrogens with one attached hydrogen (secondary N) is 1. The third-order valence-corrected chi connectivity index (χ3v) is 3.73. The molecule has 0 spiro atoms. The number of benzene rings is 2. The Hall–Kier alpha value is -1.55. The van der Waals surface area contributed by atoms with E-state index < -0.39 is 0 Å². The van der Waals surface area contributed by atoms with Crippen LogP contribution in [0.1, 0.15) is 31.0 Å². The van der Waals surface area contributed by atoms with Crippen molar-refractivity contribution in [1.82, 2.24) is 0 Å². The zero-order valence-corrected chi connectivity index (χ0v) is 14.0. The molecule has 2 aromatic rings. The van der Waals surface area contributed by atoms with Crippen molar-refractivity contribution >= 4 is 21.6 Å². The Kier molecular flexibility index (Phi) is 5.23. The highest BCUT2D eigenvalue weighted by molar-refractivity contribution is 9.10. The van der Waals surface area contributed by atoms with Gasteiger partial charge in [-0.25, -0.2) is 4.39 Å². The normalized spacial score (nSPS) is 12.0. The van der Waals surface area contributed by atoms with Crippen molar-refractivity contribution in [2.75, 3.05) is 11.9 Å². The molecule has 1 atom stereocenters. The molecule has 2 rings (SSSR count). The maximum atomic E-state index is 14.0. The van der Waals surface area contributed by atoms with E-state index in [1.165, 1.54) is 6.07 Å². The van der Waals surface area contributed by atoms with Gasteiger partial charge in [0.1, 0.15) is 11.6 Å². The third kappa shape index (κ3) is 3.97. The summed E-state index contributed by atoms with van der Waals surface area (Å²) in [5.74, 6) is 0.566. The molecule has 0 aliphatic rings. The van der Waals surface area contributed by atoms with Crippen molar-refractivity contribution in [3.63, 3.8) is 0 Å². The summed E-state index contributed by atoms with van der Waals surface area (Å²) in [6.45, 7) is 6.50. The van der Waals surface area contributed by atoms with Gasteiger partial charge in [-0.2, -0.15) is 0 Å². The number of ether oxygens (including phenoxy) is 1. The fourth-order valence-corrected chi connectivity index (χ4v) is 2.52. The smallest absolute Gasteiger partial charge is 0.142 e. The van der Waals surface area contributed by atoms with Gasteiger partial charge < -0.3 is 10.1 Å². The number of hydrogen-bond donors (Lipinski definition) is 1. The zero-order chi connectivity index (χ0) is 15.4. The second-order valence-corrected chi connectivity index (χ2v) is 5.88. The van der Waals surface area contributed by atoms with E-state index in [1.54, 1.807) is 6.07 Å². The molecule has 2 aromatic carbocycles. The number of anilines is 1. The van der Waals surface area contributed by atoms with Gasteiger partial charge in [-0.3, -0.25) is 0 Å². The fourth-order valence-electron chi connectivity index (χ4n) is 2.19. The van der Waals surface area contributed by atoms with E-state index in [2.05, 4.69) is 21.2 Å². The van der Waals surface area contributed by atoms with E-state index in [1.807, 2.05) is 45.0 Å². The molecule has 112 valence electrons. The van der Waals surface area contributed by atoms with Gasteiger partial charge in [0, 0.05) is 10.0 Å². The summed E-state index contributed by atoms with van der Waals surface area (Å²) in [6.07, 6.45) is 0. The van der Waals surface area contributed by atoms with Crippen LogP contribution in [0.15, 0.2) is 40.9 Å². The molecule has 21 heavy (non-hydrogen) atoms. The quantitative estimate of drug-likeness (QED) is 0.771. The molecule has 0 heterocycles. The summed E-state index contributed by atoms with van der Waals surface area (Å²) in [5, 5.41) is 3.32. The SMILES string of the molecule is CCOc1cc(C)ccc1NC(C)c1ccc(Br)cc1F. The molecule has 0 aliphatic carbocycles. The summed E-state index contributed by atoms with van der Waals surface area (Å²) in [7, 11) is 0. The minimum atomic E-state index is -0.227. The first-order valence-electron chi connectivity index (χ1n) is 6.96. The van der Waals surface area contributed by atoms with Gasteiger partial charge >= 0.3 is 0 Å². The molecular weight excluding hydrogens is 333 g/mol. The highest BCUT2D eigenvalue weighted by atomic mass is 79.9. The van der Waals surface area contributed by atoms with Crippen LogP contribution in [0.3, 0.4) is 0 Å². The van der Waals surface area contributed by atoms with E-state index in [0.29, 0.717) is 12.2 Å². The Morgan fingerprint density at radius 1 is 1.24 bits per heavy atom. The minimum Gasteiger partial charge on any atom is -0.492 e. The monoisotopic (exact) mass is 351 g/mol. The number of halogens is 2. The van der Waals surface area contributed by atoms with Gasteiger partial charge in [-0.05, 0) is 50.6 Å². The number of aryl methyl sites for hydroxylation is 1. The van der Waals surface area contributed by atoms with E-state index in [-0.39, 0.29) is 11.9 Å². The number of hydrogen-bond acceptors (Lipinski definition) is 2. The second-order valence-electron chi connectivity index (χ2n) is 4.96. The lowest BCUT2D eigenvalue weighted by atomic mass is 10.1. The van der Waals surface area contributed by atoms with E-state index in [4.69, 9.17) is 4.74 Å². The molecule has 0 amide bonds. The van der Waals surface area contributed by atoms with Crippen LogP contribution in [0.2, 0.25) is 0 Å². The fraction of sp³-hybridized carbons (Fsp3) is 0.294. The molecule has 0 aromatic heterocycles. The average molecular weight is 352 g/mol. The highest BCUT2D eigenvalue weighted by Gasteiger charge is 2.13. The van der Waals surface area contributed by atoms with Gasteiger partial charge in [-0.1, -0.05) is 28.1 Å². The number of rotatable bonds is 5. The van der Waals surface area contributed by atoms with Crippen LogP contribution in [-0.2, 0) is 0 Å².